The molecule has 1 saturated carbocycles. The predicted octanol–water partition coefficient (Wildman–Crippen LogP) is 0.513. The lowest BCUT2D eigenvalue weighted by atomic mass is 10.1. The fraction of sp³-hybridized carbons (Fsp3) is 0.538. The third-order valence-electron chi connectivity index (χ3n) is 3.41. The first kappa shape index (κ1) is 16.5. The Morgan fingerprint density at radius 1 is 1.41 bits per heavy atom. The van der Waals surface area contributed by atoms with E-state index in [1.165, 1.54) is 26.2 Å². The van der Waals surface area contributed by atoms with Gasteiger partial charge in [0.05, 0.1) is 0 Å². The molecule has 22 heavy (non-hydrogen) atoms. The largest absolute Gasteiger partial charge is 0.480 e. The third-order valence-corrected chi connectivity index (χ3v) is 5.10. The minimum absolute atomic E-state index is 0.234. The van der Waals surface area contributed by atoms with Gasteiger partial charge in [-0.15, -0.1) is 0 Å². The highest BCUT2D eigenvalue weighted by Gasteiger charge is 2.31. The zero-order chi connectivity index (χ0) is 16.5. The van der Waals surface area contributed by atoms with Gasteiger partial charge >= 0.3 is 5.97 Å². The molecule has 2 N–H and O–H groups in total. The lowest BCUT2D eigenvalue weighted by Crippen LogP contribution is -2.41. The van der Waals surface area contributed by atoms with Crippen molar-refractivity contribution >= 4 is 21.9 Å². The van der Waals surface area contributed by atoms with Gasteiger partial charge in [-0.2, -0.15) is 0 Å². The second kappa shape index (κ2) is 6.09. The van der Waals surface area contributed by atoms with Crippen LogP contribution in [-0.2, 0) is 14.8 Å². The summed E-state index contributed by atoms with van der Waals surface area (Å²) in [5, 5.41) is 11.1. The summed E-state index contributed by atoms with van der Waals surface area (Å²) in [6.07, 6.45) is 2.29. The summed E-state index contributed by atoms with van der Waals surface area (Å²) in [5.74, 6) is -1.77. The maximum Gasteiger partial charge on any atom is 0.326 e. The molecule has 0 aliphatic heterocycles. The molecule has 0 radical (unpaired) electrons. The van der Waals surface area contributed by atoms with Gasteiger partial charge in [-0.05, 0) is 24.5 Å². The fourth-order valence-electron chi connectivity index (χ4n) is 1.90. The normalized spacial score (nSPS) is 16.5. The first-order chi connectivity index (χ1) is 10.2. The Labute approximate surface area is 128 Å². The number of hydrogen-bond donors (Lipinski definition) is 2. The third kappa shape index (κ3) is 3.66. The number of hydrogen-bond acceptors (Lipinski definition) is 5. The number of carbonyl (C=O) groups is 2. The van der Waals surface area contributed by atoms with Crippen molar-refractivity contribution in [2.24, 2.45) is 5.92 Å². The molecule has 122 valence electrons. The molecule has 0 aromatic carbocycles. The van der Waals surface area contributed by atoms with Crippen molar-refractivity contribution in [1.29, 1.82) is 0 Å². The number of nitrogens with zero attached hydrogens (tertiary/aromatic N) is 1. The first-order valence-corrected chi connectivity index (χ1v) is 8.22. The van der Waals surface area contributed by atoms with Crippen molar-refractivity contribution in [3.05, 3.63) is 17.9 Å². The van der Waals surface area contributed by atoms with Crippen LogP contribution in [-0.4, -0.2) is 49.8 Å². The van der Waals surface area contributed by atoms with Crippen LogP contribution in [0.5, 0.6) is 0 Å². The van der Waals surface area contributed by atoms with E-state index in [-0.39, 0.29) is 10.9 Å². The number of sulfonamides is 1. The highest BCUT2D eigenvalue weighted by molar-refractivity contribution is 7.88. The van der Waals surface area contributed by atoms with Crippen LogP contribution in [0, 0.1) is 5.92 Å². The van der Waals surface area contributed by atoms with Gasteiger partial charge in [-0.1, -0.05) is 12.8 Å². The summed E-state index contributed by atoms with van der Waals surface area (Å²) in [5.41, 5.74) is 0. The molecule has 1 aliphatic carbocycles. The molecule has 1 fully saturated rings. The Kier molecular flexibility index (Phi) is 4.57. The van der Waals surface area contributed by atoms with Crippen LogP contribution in [0.3, 0.4) is 0 Å². The van der Waals surface area contributed by atoms with Crippen LogP contribution < -0.4 is 5.32 Å². The first-order valence-electron chi connectivity index (χ1n) is 6.78. The van der Waals surface area contributed by atoms with E-state index < -0.39 is 27.9 Å². The van der Waals surface area contributed by atoms with E-state index in [1.807, 2.05) is 0 Å². The van der Waals surface area contributed by atoms with Crippen molar-refractivity contribution in [1.82, 2.24) is 9.62 Å². The van der Waals surface area contributed by atoms with Crippen LogP contribution in [0.25, 0.3) is 0 Å². The molecule has 2 rings (SSSR count). The minimum Gasteiger partial charge on any atom is -0.480 e. The Bertz CT molecular complexity index is 674. The van der Waals surface area contributed by atoms with Gasteiger partial charge in [0, 0.05) is 14.1 Å². The highest BCUT2D eigenvalue weighted by Crippen LogP contribution is 2.33. The molecule has 1 unspecified atom stereocenters. The van der Waals surface area contributed by atoms with E-state index >= 15 is 0 Å². The van der Waals surface area contributed by atoms with Crippen LogP contribution >= 0.6 is 0 Å². The number of aliphatic carboxylic acids is 1. The molecule has 1 atom stereocenters. The number of carbonyl (C=O) groups excluding carboxylic acids is 1. The monoisotopic (exact) mass is 330 g/mol. The standard InChI is InChI=1S/C13H18N2O6S/c1-15(2)22(19,20)11-6-5-10(21-11)12(16)14-9(13(17)18)7-8-3-4-8/h5-6,8-9H,3-4,7H2,1-2H3,(H,14,16)(H,17,18). The van der Waals surface area contributed by atoms with E-state index in [2.05, 4.69) is 5.32 Å². The zero-order valence-corrected chi connectivity index (χ0v) is 13.1. The average Bonchev–Trinajstić information content (AvgIpc) is 3.09. The molecule has 0 saturated heterocycles. The van der Waals surface area contributed by atoms with Crippen molar-refractivity contribution in [2.45, 2.75) is 30.4 Å². The molecule has 0 spiro atoms. The van der Waals surface area contributed by atoms with Gasteiger partial charge in [-0.3, -0.25) is 4.79 Å². The van der Waals surface area contributed by atoms with Gasteiger partial charge in [-0.25, -0.2) is 17.5 Å². The number of carboxylic acid groups (broad SMARTS) is 1. The molecule has 1 aromatic rings. The van der Waals surface area contributed by atoms with Crippen LogP contribution in [0.2, 0.25) is 0 Å². The molecule has 1 aliphatic rings. The van der Waals surface area contributed by atoms with E-state index in [0.29, 0.717) is 12.3 Å². The summed E-state index contributed by atoms with van der Waals surface area (Å²) >= 11 is 0. The lowest BCUT2D eigenvalue weighted by molar-refractivity contribution is -0.139. The molecule has 9 heteroatoms. The lowest BCUT2D eigenvalue weighted by Gasteiger charge is -2.13. The molecule has 8 nitrogen and oxygen atoms in total. The molecule has 1 amide bonds. The van der Waals surface area contributed by atoms with Crippen molar-refractivity contribution < 1.29 is 27.5 Å². The van der Waals surface area contributed by atoms with Crippen LogP contribution in [0.15, 0.2) is 21.6 Å². The summed E-state index contributed by atoms with van der Waals surface area (Å²) in [6, 6.07) is 1.38. The topological polar surface area (TPSA) is 117 Å². The molecule has 1 aromatic heterocycles. The van der Waals surface area contributed by atoms with Gasteiger partial charge in [0.1, 0.15) is 6.04 Å². The second-order valence-electron chi connectivity index (χ2n) is 5.45. The molecule has 1 heterocycles. The van der Waals surface area contributed by atoms with Gasteiger partial charge in [0.25, 0.3) is 15.9 Å². The maximum absolute atomic E-state index is 12.0. The van der Waals surface area contributed by atoms with Crippen molar-refractivity contribution in [2.75, 3.05) is 14.1 Å². The zero-order valence-electron chi connectivity index (χ0n) is 12.3. The summed E-state index contributed by atoms with van der Waals surface area (Å²) < 4.78 is 29.7. The van der Waals surface area contributed by atoms with Crippen molar-refractivity contribution in [3.8, 4) is 0 Å². The second-order valence-corrected chi connectivity index (χ2v) is 7.53. The van der Waals surface area contributed by atoms with E-state index in [0.717, 1.165) is 17.1 Å². The predicted molar refractivity (Wildman–Crippen MR) is 75.8 cm³/mol. The Hall–Kier alpha value is -1.87. The summed E-state index contributed by atoms with van der Waals surface area (Å²) in [4.78, 5) is 23.1. The molecule has 0 bridgehead atoms. The van der Waals surface area contributed by atoms with E-state index in [9.17, 15) is 18.0 Å². The smallest absolute Gasteiger partial charge is 0.326 e. The number of amides is 1. The molecular formula is C13H18N2O6S. The maximum atomic E-state index is 12.0. The van der Waals surface area contributed by atoms with Gasteiger partial charge in [0.15, 0.2) is 5.76 Å². The summed E-state index contributed by atoms with van der Waals surface area (Å²) in [7, 11) is -1.09. The minimum atomic E-state index is -3.77. The summed E-state index contributed by atoms with van der Waals surface area (Å²) in [6.45, 7) is 0. The van der Waals surface area contributed by atoms with Crippen LogP contribution in [0.4, 0.5) is 0 Å². The fourth-order valence-corrected chi connectivity index (χ4v) is 2.69. The number of furan rings is 1. The SMILES string of the molecule is CN(C)S(=O)(=O)c1ccc(C(=O)NC(CC2CC2)C(=O)O)o1. The van der Waals surface area contributed by atoms with E-state index in [1.54, 1.807) is 0 Å². The van der Waals surface area contributed by atoms with Gasteiger partial charge in [0.2, 0.25) is 5.09 Å². The van der Waals surface area contributed by atoms with E-state index in [4.69, 9.17) is 9.52 Å². The number of carboxylic acids is 1. The number of nitrogens with one attached hydrogen (secondary N) is 1. The quantitative estimate of drug-likeness (QED) is 0.752. The average molecular weight is 330 g/mol. The Morgan fingerprint density at radius 2 is 2.05 bits per heavy atom. The van der Waals surface area contributed by atoms with Crippen LogP contribution in [0.1, 0.15) is 29.8 Å². The Balaban J connectivity index is 2.09. The number of rotatable bonds is 7. The molecular weight excluding hydrogens is 312 g/mol. The van der Waals surface area contributed by atoms with Crippen molar-refractivity contribution in [3.63, 3.8) is 0 Å². The Morgan fingerprint density at radius 3 is 2.55 bits per heavy atom. The van der Waals surface area contributed by atoms with Gasteiger partial charge < -0.3 is 14.8 Å². The highest BCUT2D eigenvalue weighted by atomic mass is 32.2.